The number of carbonyl (C=O) groups is 1. The molecule has 3 aromatic rings. The fourth-order valence-electron chi connectivity index (χ4n) is 1.95. The Kier molecular flexibility index (Phi) is 3.20. The van der Waals surface area contributed by atoms with Crippen LogP contribution in [0.1, 0.15) is 15.9 Å². The Morgan fingerprint density at radius 2 is 2.10 bits per heavy atom. The molecule has 0 fully saturated rings. The average Bonchev–Trinajstić information content (AvgIpc) is 2.80. The number of nitrogens with zero attached hydrogens (tertiary/aromatic N) is 1. The van der Waals surface area contributed by atoms with Gasteiger partial charge in [0.1, 0.15) is 0 Å². The summed E-state index contributed by atoms with van der Waals surface area (Å²) in [5.74, 6) is -0.923. The molecule has 100 valence electrons. The van der Waals surface area contributed by atoms with Crippen LogP contribution in [-0.2, 0) is 0 Å². The van der Waals surface area contributed by atoms with E-state index in [1.807, 2.05) is 31.2 Å². The average molecular weight is 284 g/mol. The van der Waals surface area contributed by atoms with E-state index in [4.69, 9.17) is 5.11 Å². The molecule has 2 aromatic carbocycles. The number of nitrogens with one attached hydrogen (secondary N) is 1. The van der Waals surface area contributed by atoms with Crippen molar-refractivity contribution in [1.29, 1.82) is 0 Å². The van der Waals surface area contributed by atoms with E-state index < -0.39 is 5.97 Å². The zero-order chi connectivity index (χ0) is 14.1. The lowest BCUT2D eigenvalue weighted by molar-refractivity contribution is 0.0696. The maximum absolute atomic E-state index is 11.0. The second-order valence-electron chi connectivity index (χ2n) is 4.50. The van der Waals surface area contributed by atoms with Crippen LogP contribution in [0.3, 0.4) is 0 Å². The molecule has 0 spiro atoms. The lowest BCUT2D eigenvalue weighted by Gasteiger charge is -1.99. The van der Waals surface area contributed by atoms with Gasteiger partial charge in [-0.15, -0.1) is 0 Å². The standard InChI is InChI=1S/C15H12N2O2S/c1-9-5-6-12-13(7-9)17-15(16-12)20-11-4-2-3-10(8-11)14(18)19/h2-8H,1H3,(H,16,17)(H,18,19). The molecule has 2 N–H and O–H groups in total. The molecule has 0 amide bonds. The molecule has 0 aliphatic carbocycles. The minimum Gasteiger partial charge on any atom is -0.478 e. The lowest BCUT2D eigenvalue weighted by atomic mass is 10.2. The zero-order valence-corrected chi connectivity index (χ0v) is 11.6. The third kappa shape index (κ3) is 2.53. The number of rotatable bonds is 3. The molecule has 0 unspecified atom stereocenters. The summed E-state index contributed by atoms with van der Waals surface area (Å²) in [5, 5.41) is 9.75. The highest BCUT2D eigenvalue weighted by Crippen LogP contribution is 2.28. The summed E-state index contributed by atoms with van der Waals surface area (Å²) in [6.45, 7) is 2.03. The van der Waals surface area contributed by atoms with E-state index in [1.165, 1.54) is 17.3 Å². The predicted molar refractivity (Wildman–Crippen MR) is 78.4 cm³/mol. The van der Waals surface area contributed by atoms with Crippen LogP contribution in [0.25, 0.3) is 11.0 Å². The number of aromatic amines is 1. The highest BCUT2D eigenvalue weighted by Gasteiger charge is 2.07. The summed E-state index contributed by atoms with van der Waals surface area (Å²) in [7, 11) is 0. The largest absolute Gasteiger partial charge is 0.478 e. The van der Waals surface area contributed by atoms with Crippen LogP contribution in [0.4, 0.5) is 0 Å². The molecule has 1 aromatic heterocycles. The molecule has 20 heavy (non-hydrogen) atoms. The number of hydrogen-bond donors (Lipinski definition) is 2. The van der Waals surface area contributed by atoms with Gasteiger partial charge in [-0.05, 0) is 42.8 Å². The number of aromatic carboxylic acids is 1. The van der Waals surface area contributed by atoms with Gasteiger partial charge in [-0.3, -0.25) is 0 Å². The topological polar surface area (TPSA) is 66.0 Å². The monoisotopic (exact) mass is 284 g/mol. The Bertz CT molecular complexity index is 795. The first kappa shape index (κ1) is 12.7. The van der Waals surface area contributed by atoms with Gasteiger partial charge in [0.15, 0.2) is 5.16 Å². The zero-order valence-electron chi connectivity index (χ0n) is 10.8. The quantitative estimate of drug-likeness (QED) is 0.769. The minimum atomic E-state index is -0.923. The van der Waals surface area contributed by atoms with Gasteiger partial charge < -0.3 is 10.1 Å². The van der Waals surface area contributed by atoms with E-state index in [1.54, 1.807) is 18.2 Å². The van der Waals surface area contributed by atoms with E-state index in [0.717, 1.165) is 21.1 Å². The number of imidazole rings is 1. The molecule has 0 saturated carbocycles. The fraction of sp³-hybridized carbons (Fsp3) is 0.0667. The molecule has 0 bridgehead atoms. The molecule has 4 nitrogen and oxygen atoms in total. The summed E-state index contributed by atoms with van der Waals surface area (Å²) >= 11 is 1.42. The first-order chi connectivity index (χ1) is 9.61. The number of aryl methyl sites for hydroxylation is 1. The molecule has 0 aliphatic rings. The highest BCUT2D eigenvalue weighted by atomic mass is 32.2. The van der Waals surface area contributed by atoms with Gasteiger partial charge in [0.25, 0.3) is 0 Å². The number of aromatic nitrogens is 2. The first-order valence-corrected chi connectivity index (χ1v) is 6.91. The smallest absolute Gasteiger partial charge is 0.335 e. The van der Waals surface area contributed by atoms with Gasteiger partial charge in [0.05, 0.1) is 16.6 Å². The summed E-state index contributed by atoms with van der Waals surface area (Å²) in [6, 6.07) is 12.9. The first-order valence-electron chi connectivity index (χ1n) is 6.09. The molecular weight excluding hydrogens is 272 g/mol. The summed E-state index contributed by atoms with van der Waals surface area (Å²) in [5.41, 5.74) is 3.35. The van der Waals surface area contributed by atoms with Gasteiger partial charge in [-0.2, -0.15) is 0 Å². The van der Waals surface area contributed by atoms with Crippen molar-refractivity contribution in [2.45, 2.75) is 17.0 Å². The van der Waals surface area contributed by atoms with Crippen LogP contribution in [-0.4, -0.2) is 21.0 Å². The molecule has 0 atom stereocenters. The van der Waals surface area contributed by atoms with E-state index >= 15 is 0 Å². The second kappa shape index (κ2) is 5.02. The Labute approximate surface area is 119 Å². The number of fused-ring (bicyclic) bond motifs is 1. The minimum absolute atomic E-state index is 0.280. The number of carboxylic acid groups (broad SMARTS) is 1. The number of carboxylic acids is 1. The third-order valence-electron chi connectivity index (χ3n) is 2.91. The van der Waals surface area contributed by atoms with Gasteiger partial charge in [-0.1, -0.05) is 23.9 Å². The molecular formula is C15H12N2O2S. The van der Waals surface area contributed by atoms with Crippen molar-refractivity contribution in [2.75, 3.05) is 0 Å². The van der Waals surface area contributed by atoms with Gasteiger partial charge >= 0.3 is 5.97 Å². The van der Waals surface area contributed by atoms with Crippen LogP contribution in [0, 0.1) is 6.92 Å². The maximum atomic E-state index is 11.0. The van der Waals surface area contributed by atoms with Crippen molar-refractivity contribution in [3.8, 4) is 0 Å². The van der Waals surface area contributed by atoms with Gasteiger partial charge in [0, 0.05) is 4.90 Å². The second-order valence-corrected chi connectivity index (χ2v) is 5.56. The normalized spacial score (nSPS) is 10.8. The number of benzene rings is 2. The summed E-state index contributed by atoms with van der Waals surface area (Å²) in [6.07, 6.45) is 0. The van der Waals surface area contributed by atoms with E-state index in [9.17, 15) is 4.79 Å². The summed E-state index contributed by atoms with van der Waals surface area (Å²) < 4.78 is 0. The number of hydrogen-bond acceptors (Lipinski definition) is 3. The van der Waals surface area contributed by atoms with E-state index in [0.29, 0.717) is 0 Å². The molecule has 1 heterocycles. The predicted octanol–water partition coefficient (Wildman–Crippen LogP) is 3.72. The van der Waals surface area contributed by atoms with E-state index in [-0.39, 0.29) is 5.56 Å². The molecule has 5 heteroatoms. The van der Waals surface area contributed by atoms with Gasteiger partial charge in [0.2, 0.25) is 0 Å². The van der Waals surface area contributed by atoms with Crippen LogP contribution < -0.4 is 0 Å². The van der Waals surface area contributed by atoms with Crippen molar-refractivity contribution in [3.63, 3.8) is 0 Å². The molecule has 3 rings (SSSR count). The van der Waals surface area contributed by atoms with Crippen molar-refractivity contribution in [2.24, 2.45) is 0 Å². The Hall–Kier alpha value is -2.27. The Balaban J connectivity index is 1.92. The van der Waals surface area contributed by atoms with Crippen LogP contribution in [0.15, 0.2) is 52.5 Å². The van der Waals surface area contributed by atoms with Crippen LogP contribution in [0.2, 0.25) is 0 Å². The van der Waals surface area contributed by atoms with Crippen molar-refractivity contribution >= 4 is 28.8 Å². The molecule has 0 radical (unpaired) electrons. The highest BCUT2D eigenvalue weighted by molar-refractivity contribution is 7.99. The lowest BCUT2D eigenvalue weighted by Crippen LogP contribution is -1.95. The maximum Gasteiger partial charge on any atom is 0.335 e. The van der Waals surface area contributed by atoms with Crippen molar-refractivity contribution in [1.82, 2.24) is 9.97 Å². The van der Waals surface area contributed by atoms with Crippen LogP contribution >= 0.6 is 11.8 Å². The summed E-state index contributed by atoms with van der Waals surface area (Å²) in [4.78, 5) is 19.5. The van der Waals surface area contributed by atoms with Crippen molar-refractivity contribution < 1.29 is 9.90 Å². The van der Waals surface area contributed by atoms with Crippen molar-refractivity contribution in [3.05, 3.63) is 53.6 Å². The molecule has 0 saturated heterocycles. The third-order valence-corrected chi connectivity index (χ3v) is 3.79. The Morgan fingerprint density at radius 1 is 1.25 bits per heavy atom. The molecule has 0 aliphatic heterocycles. The fourth-order valence-corrected chi connectivity index (χ4v) is 2.81. The SMILES string of the molecule is Cc1ccc2nc(Sc3cccc(C(=O)O)c3)[nH]c2c1. The Morgan fingerprint density at radius 3 is 2.90 bits per heavy atom. The van der Waals surface area contributed by atoms with Gasteiger partial charge in [-0.25, -0.2) is 9.78 Å². The number of H-pyrrole nitrogens is 1. The van der Waals surface area contributed by atoms with E-state index in [2.05, 4.69) is 9.97 Å². The van der Waals surface area contributed by atoms with Crippen LogP contribution in [0.5, 0.6) is 0 Å².